The number of rotatable bonds is 6. The van der Waals surface area contributed by atoms with Gasteiger partial charge in [-0.2, -0.15) is 0 Å². The van der Waals surface area contributed by atoms with Crippen molar-refractivity contribution in [3.63, 3.8) is 0 Å². The summed E-state index contributed by atoms with van der Waals surface area (Å²) in [5.41, 5.74) is 1.02. The SMILES string of the molecule is CCC(CC)OC1CCN(C(=O)OCc2ccccc2)CC1. The molecule has 1 aliphatic rings. The molecule has 1 fully saturated rings. The Bertz CT molecular complexity index is 437. The van der Waals surface area contributed by atoms with E-state index in [0.29, 0.717) is 12.7 Å². The number of benzene rings is 1. The van der Waals surface area contributed by atoms with Gasteiger partial charge >= 0.3 is 6.09 Å². The average molecular weight is 305 g/mol. The van der Waals surface area contributed by atoms with E-state index >= 15 is 0 Å². The summed E-state index contributed by atoms with van der Waals surface area (Å²) in [6.07, 6.45) is 4.31. The minimum Gasteiger partial charge on any atom is -0.445 e. The first-order valence-electron chi connectivity index (χ1n) is 8.34. The zero-order valence-electron chi connectivity index (χ0n) is 13.7. The Kier molecular flexibility index (Phi) is 6.72. The van der Waals surface area contributed by atoms with Crippen molar-refractivity contribution >= 4 is 6.09 Å². The largest absolute Gasteiger partial charge is 0.445 e. The monoisotopic (exact) mass is 305 g/mol. The number of piperidine rings is 1. The molecule has 0 spiro atoms. The van der Waals surface area contributed by atoms with Crippen LogP contribution < -0.4 is 0 Å². The number of nitrogens with zero attached hydrogens (tertiary/aromatic N) is 1. The maximum absolute atomic E-state index is 12.1. The van der Waals surface area contributed by atoms with Gasteiger partial charge in [0, 0.05) is 13.1 Å². The first-order valence-corrected chi connectivity index (χ1v) is 8.34. The molecule has 0 saturated carbocycles. The van der Waals surface area contributed by atoms with Crippen LogP contribution in [0.5, 0.6) is 0 Å². The van der Waals surface area contributed by atoms with Crippen molar-refractivity contribution in [2.45, 2.75) is 58.3 Å². The number of ether oxygens (including phenoxy) is 2. The van der Waals surface area contributed by atoms with E-state index in [0.717, 1.165) is 44.3 Å². The minimum atomic E-state index is -0.218. The zero-order valence-corrected chi connectivity index (χ0v) is 13.7. The molecule has 0 bridgehead atoms. The summed E-state index contributed by atoms with van der Waals surface area (Å²) >= 11 is 0. The summed E-state index contributed by atoms with van der Waals surface area (Å²) in [6, 6.07) is 9.77. The van der Waals surface area contributed by atoms with Crippen molar-refractivity contribution in [1.29, 1.82) is 0 Å². The molecule has 0 aliphatic carbocycles. The molecule has 1 heterocycles. The summed E-state index contributed by atoms with van der Waals surface area (Å²) in [5.74, 6) is 0. The predicted molar refractivity (Wildman–Crippen MR) is 86.7 cm³/mol. The van der Waals surface area contributed by atoms with E-state index in [1.807, 2.05) is 30.3 Å². The van der Waals surface area contributed by atoms with Gasteiger partial charge < -0.3 is 14.4 Å². The van der Waals surface area contributed by atoms with Crippen LogP contribution in [-0.2, 0) is 16.1 Å². The number of carbonyl (C=O) groups excluding carboxylic acids is 1. The molecule has 22 heavy (non-hydrogen) atoms. The maximum atomic E-state index is 12.1. The normalized spacial score (nSPS) is 16.0. The van der Waals surface area contributed by atoms with Crippen LogP contribution in [0.4, 0.5) is 4.79 Å². The van der Waals surface area contributed by atoms with Crippen LogP contribution in [0.25, 0.3) is 0 Å². The first-order chi connectivity index (χ1) is 10.7. The van der Waals surface area contributed by atoms with E-state index in [-0.39, 0.29) is 12.2 Å². The fraction of sp³-hybridized carbons (Fsp3) is 0.611. The second-order valence-electron chi connectivity index (χ2n) is 5.80. The van der Waals surface area contributed by atoms with E-state index in [2.05, 4.69) is 13.8 Å². The lowest BCUT2D eigenvalue weighted by Crippen LogP contribution is -2.42. The van der Waals surface area contributed by atoms with Crippen LogP contribution in [0.3, 0.4) is 0 Å². The van der Waals surface area contributed by atoms with Gasteiger partial charge in [0.1, 0.15) is 6.61 Å². The molecule has 0 radical (unpaired) electrons. The van der Waals surface area contributed by atoms with Crippen LogP contribution in [0.15, 0.2) is 30.3 Å². The molecular formula is C18H27NO3. The quantitative estimate of drug-likeness (QED) is 0.797. The van der Waals surface area contributed by atoms with Crippen molar-refractivity contribution in [3.8, 4) is 0 Å². The third kappa shape index (κ3) is 5.02. The highest BCUT2D eigenvalue weighted by Gasteiger charge is 2.25. The summed E-state index contributed by atoms with van der Waals surface area (Å²) in [6.45, 7) is 6.09. The maximum Gasteiger partial charge on any atom is 0.410 e. The average Bonchev–Trinajstić information content (AvgIpc) is 2.59. The molecule has 4 nitrogen and oxygen atoms in total. The van der Waals surface area contributed by atoms with E-state index < -0.39 is 0 Å². The Morgan fingerprint density at radius 3 is 2.41 bits per heavy atom. The molecule has 122 valence electrons. The molecule has 1 aromatic rings. The van der Waals surface area contributed by atoms with Crippen LogP contribution in [0.1, 0.15) is 45.1 Å². The second-order valence-corrected chi connectivity index (χ2v) is 5.80. The molecule has 1 amide bonds. The molecule has 1 saturated heterocycles. The van der Waals surface area contributed by atoms with Gasteiger partial charge in [-0.1, -0.05) is 44.2 Å². The van der Waals surface area contributed by atoms with E-state index in [9.17, 15) is 4.79 Å². The zero-order chi connectivity index (χ0) is 15.8. The predicted octanol–water partition coefficient (Wildman–Crippen LogP) is 3.99. The Morgan fingerprint density at radius 1 is 1.18 bits per heavy atom. The highest BCUT2D eigenvalue weighted by atomic mass is 16.6. The first kappa shape index (κ1) is 16.8. The smallest absolute Gasteiger partial charge is 0.410 e. The Morgan fingerprint density at radius 2 is 1.82 bits per heavy atom. The van der Waals surface area contributed by atoms with Crippen molar-refractivity contribution < 1.29 is 14.3 Å². The fourth-order valence-corrected chi connectivity index (χ4v) is 2.74. The van der Waals surface area contributed by atoms with Crippen molar-refractivity contribution in [2.24, 2.45) is 0 Å². The third-order valence-corrected chi connectivity index (χ3v) is 4.20. The number of likely N-dealkylation sites (tertiary alicyclic amines) is 1. The molecule has 0 aromatic heterocycles. The van der Waals surface area contributed by atoms with Gasteiger partial charge in [0.15, 0.2) is 0 Å². The van der Waals surface area contributed by atoms with Crippen molar-refractivity contribution in [3.05, 3.63) is 35.9 Å². The molecule has 4 heteroatoms. The van der Waals surface area contributed by atoms with Gasteiger partial charge in [0.05, 0.1) is 12.2 Å². The third-order valence-electron chi connectivity index (χ3n) is 4.20. The second kappa shape index (κ2) is 8.79. The molecule has 1 aromatic carbocycles. The van der Waals surface area contributed by atoms with Crippen LogP contribution >= 0.6 is 0 Å². The van der Waals surface area contributed by atoms with Crippen LogP contribution in [0, 0.1) is 0 Å². The van der Waals surface area contributed by atoms with Crippen molar-refractivity contribution in [2.75, 3.05) is 13.1 Å². The lowest BCUT2D eigenvalue weighted by Gasteiger charge is -2.33. The lowest BCUT2D eigenvalue weighted by molar-refractivity contribution is -0.0439. The lowest BCUT2D eigenvalue weighted by atomic mass is 10.1. The highest BCUT2D eigenvalue weighted by molar-refractivity contribution is 5.67. The Hall–Kier alpha value is -1.55. The Balaban J connectivity index is 1.71. The Labute approximate surface area is 133 Å². The summed E-state index contributed by atoms with van der Waals surface area (Å²) in [4.78, 5) is 13.9. The molecule has 2 rings (SSSR count). The van der Waals surface area contributed by atoms with E-state index in [1.54, 1.807) is 4.90 Å². The van der Waals surface area contributed by atoms with E-state index in [4.69, 9.17) is 9.47 Å². The highest BCUT2D eigenvalue weighted by Crippen LogP contribution is 2.18. The molecular weight excluding hydrogens is 278 g/mol. The number of carbonyl (C=O) groups is 1. The van der Waals surface area contributed by atoms with Crippen LogP contribution in [0.2, 0.25) is 0 Å². The number of hydrogen-bond donors (Lipinski definition) is 0. The summed E-state index contributed by atoms with van der Waals surface area (Å²) in [5, 5.41) is 0. The standard InChI is InChI=1S/C18H27NO3/c1-3-16(4-2)22-17-10-12-19(13-11-17)18(20)21-14-15-8-6-5-7-9-15/h5-9,16-17H,3-4,10-14H2,1-2H3. The number of hydrogen-bond acceptors (Lipinski definition) is 3. The molecule has 0 atom stereocenters. The topological polar surface area (TPSA) is 38.8 Å². The van der Waals surface area contributed by atoms with Gasteiger partial charge in [0.2, 0.25) is 0 Å². The molecule has 0 N–H and O–H groups in total. The van der Waals surface area contributed by atoms with E-state index in [1.165, 1.54) is 0 Å². The van der Waals surface area contributed by atoms with Gasteiger partial charge in [-0.25, -0.2) is 4.79 Å². The van der Waals surface area contributed by atoms with Crippen LogP contribution in [-0.4, -0.2) is 36.3 Å². The van der Waals surface area contributed by atoms with Gasteiger partial charge in [-0.3, -0.25) is 0 Å². The summed E-state index contributed by atoms with van der Waals surface area (Å²) in [7, 11) is 0. The fourth-order valence-electron chi connectivity index (χ4n) is 2.74. The van der Waals surface area contributed by atoms with Crippen molar-refractivity contribution in [1.82, 2.24) is 4.90 Å². The number of amides is 1. The van der Waals surface area contributed by atoms with Gasteiger partial charge in [-0.05, 0) is 31.2 Å². The molecule has 0 unspecified atom stereocenters. The summed E-state index contributed by atoms with van der Waals surface area (Å²) < 4.78 is 11.4. The van der Waals surface area contributed by atoms with Gasteiger partial charge in [0.25, 0.3) is 0 Å². The van der Waals surface area contributed by atoms with Gasteiger partial charge in [-0.15, -0.1) is 0 Å². The molecule has 1 aliphatic heterocycles. The minimum absolute atomic E-state index is 0.218.